The average molecular weight is 920 g/mol. The van der Waals surface area contributed by atoms with Gasteiger partial charge in [0.1, 0.15) is 0 Å². The minimum atomic E-state index is -0.0310. The van der Waals surface area contributed by atoms with Crippen molar-refractivity contribution in [1.29, 1.82) is 0 Å². The van der Waals surface area contributed by atoms with Crippen molar-refractivity contribution in [2.75, 3.05) is 0 Å². The van der Waals surface area contributed by atoms with Crippen molar-refractivity contribution in [2.24, 2.45) is 18.9 Å². The van der Waals surface area contributed by atoms with E-state index >= 15 is 0 Å². The Morgan fingerprint density at radius 3 is 1.79 bits per heavy atom. The summed E-state index contributed by atoms with van der Waals surface area (Å²) in [5.41, 5.74) is 5.53. The van der Waals surface area contributed by atoms with Gasteiger partial charge in [-0.3, -0.25) is 9.78 Å². The number of pyridine rings is 1. The number of hydrogen-bond acceptors (Lipinski definition) is 3. The van der Waals surface area contributed by atoms with Crippen LogP contribution in [0.25, 0.3) is 65.4 Å². The molecule has 56 heavy (non-hydrogen) atoms. The molecule has 1 N–H and O–H groups in total. The zero-order valence-corrected chi connectivity index (χ0v) is 36.5. The number of hydrogen-bond donors (Lipinski definition) is 1. The van der Waals surface area contributed by atoms with Gasteiger partial charge < -0.3 is 9.67 Å². The Labute approximate surface area is 346 Å². The molecular formula is C51H55IrN2O2-. The molecule has 291 valence electrons. The van der Waals surface area contributed by atoms with Gasteiger partial charge in [0.05, 0.1) is 5.76 Å². The van der Waals surface area contributed by atoms with Gasteiger partial charge >= 0.3 is 0 Å². The molecule has 0 amide bonds. The number of fused-ring (bicyclic) bond motifs is 8. The Kier molecular flexibility index (Phi) is 13.9. The van der Waals surface area contributed by atoms with Crippen LogP contribution in [0.5, 0.6) is 0 Å². The first-order valence-corrected chi connectivity index (χ1v) is 19.9. The van der Waals surface area contributed by atoms with Crippen LogP contribution in [0.15, 0.2) is 127 Å². The summed E-state index contributed by atoms with van der Waals surface area (Å²) in [6.45, 7) is 14.9. The van der Waals surface area contributed by atoms with Crippen molar-refractivity contribution in [2.45, 2.75) is 79.6 Å². The molecule has 2 aromatic heterocycles. The molecule has 0 fully saturated rings. The number of rotatable bonds is 8. The third-order valence-corrected chi connectivity index (χ3v) is 11.2. The van der Waals surface area contributed by atoms with E-state index in [-0.39, 0.29) is 48.9 Å². The quantitative estimate of drug-likeness (QED) is 0.0939. The minimum Gasteiger partial charge on any atom is -0.512 e. The number of aliphatic hydroxyl groups excluding tert-OH is 1. The topological polar surface area (TPSA) is 55.1 Å². The van der Waals surface area contributed by atoms with Gasteiger partial charge in [-0.25, -0.2) is 0 Å². The molecule has 0 spiro atoms. The maximum Gasteiger partial charge on any atom is 0.162 e. The van der Waals surface area contributed by atoms with Crippen LogP contribution in [-0.2, 0) is 37.4 Å². The van der Waals surface area contributed by atoms with Crippen molar-refractivity contribution in [3.8, 4) is 11.3 Å². The largest absolute Gasteiger partial charge is 0.512 e. The van der Waals surface area contributed by atoms with Crippen molar-refractivity contribution < 1.29 is 30.0 Å². The summed E-state index contributed by atoms with van der Waals surface area (Å²) < 4.78 is 2.32. The Morgan fingerprint density at radius 2 is 1.20 bits per heavy atom. The maximum absolute atomic E-state index is 11.7. The summed E-state index contributed by atoms with van der Waals surface area (Å²) in [7, 11) is 2.17. The van der Waals surface area contributed by atoms with E-state index in [1.807, 2.05) is 33.9 Å². The molecule has 7 aromatic rings. The normalized spacial score (nSPS) is 11.9. The summed E-state index contributed by atoms with van der Waals surface area (Å²) in [4.78, 5) is 16.8. The first kappa shape index (κ1) is 42.3. The Hall–Kier alpha value is -4.83. The maximum atomic E-state index is 11.7. The second-order valence-corrected chi connectivity index (χ2v) is 15.6. The van der Waals surface area contributed by atoms with Gasteiger partial charge in [0, 0.05) is 73.4 Å². The van der Waals surface area contributed by atoms with Crippen LogP contribution in [0.3, 0.4) is 0 Å². The molecule has 1 radical (unpaired) electrons. The molecule has 0 aliphatic rings. The summed E-state index contributed by atoms with van der Waals surface area (Å²) in [6.07, 6.45) is 6.85. The standard InChI is InChI=1S/C38H31N2.C13H24O2.Ir/c1-38(2,3)33-24-26(23-25-13-5-6-14-27(25)33)37-36-32-19-10-9-17-30(32)28-15-7-8-16-29(28)31-18-11-12-20-34(31)40(4)35(36)21-22-39-37;1-5-10(6-2)12(14)9-13(15)11(7-3)8-4;/h5-22,24H,1-4H3;9-11,14H,5-8H2,1-4H3;/q-1;;/b;12-9-;. The van der Waals surface area contributed by atoms with Gasteiger partial charge in [0.2, 0.25) is 0 Å². The number of para-hydroxylation sites is 1. The van der Waals surface area contributed by atoms with E-state index in [1.165, 1.54) is 49.5 Å². The minimum absolute atomic E-state index is 0. The monoisotopic (exact) mass is 920 g/mol. The molecule has 0 aliphatic carbocycles. The first-order valence-electron chi connectivity index (χ1n) is 19.9. The number of aliphatic hydroxyl groups is 1. The third-order valence-electron chi connectivity index (χ3n) is 11.2. The van der Waals surface area contributed by atoms with Crippen molar-refractivity contribution in [1.82, 2.24) is 9.55 Å². The molecule has 0 bridgehead atoms. The molecule has 7 rings (SSSR count). The smallest absolute Gasteiger partial charge is 0.162 e. The average Bonchev–Trinajstić information content (AvgIpc) is 3.23. The van der Waals surface area contributed by atoms with E-state index in [0.717, 1.165) is 53.2 Å². The van der Waals surface area contributed by atoms with Crippen LogP contribution in [0.4, 0.5) is 0 Å². The van der Waals surface area contributed by atoms with Gasteiger partial charge in [-0.15, -0.1) is 29.1 Å². The predicted octanol–water partition coefficient (Wildman–Crippen LogP) is 13.9. The molecule has 0 saturated carbocycles. The van der Waals surface area contributed by atoms with Crippen LogP contribution in [0, 0.1) is 17.9 Å². The number of nitrogens with zero attached hydrogens (tertiary/aromatic N) is 2. The first-order chi connectivity index (χ1) is 26.5. The molecular weight excluding hydrogens is 865 g/mol. The van der Waals surface area contributed by atoms with E-state index in [9.17, 15) is 9.90 Å². The van der Waals surface area contributed by atoms with Crippen LogP contribution in [0.2, 0.25) is 0 Å². The third kappa shape index (κ3) is 8.60. The predicted molar refractivity (Wildman–Crippen MR) is 235 cm³/mol. The van der Waals surface area contributed by atoms with Crippen LogP contribution >= 0.6 is 0 Å². The summed E-state index contributed by atoms with van der Waals surface area (Å²) >= 11 is 0. The fourth-order valence-corrected chi connectivity index (χ4v) is 7.97. The molecule has 4 nitrogen and oxygen atoms in total. The number of aryl methyl sites for hydroxylation is 1. The van der Waals surface area contributed by atoms with Crippen LogP contribution < -0.4 is 0 Å². The number of carbonyl (C=O) groups is 1. The summed E-state index contributed by atoms with van der Waals surface area (Å²) in [5, 5.41) is 19.3. The van der Waals surface area contributed by atoms with Gasteiger partial charge in [-0.2, -0.15) is 0 Å². The molecule has 0 aliphatic heterocycles. The van der Waals surface area contributed by atoms with E-state index in [1.54, 1.807) is 0 Å². The zero-order chi connectivity index (χ0) is 39.3. The van der Waals surface area contributed by atoms with Crippen molar-refractivity contribution in [3.63, 3.8) is 0 Å². The SMILES string of the molecule is CCC(CC)C(=O)/C=C(\O)C(CC)CC.Cn1c2ccccc2c2ccccc2c2ccccc2c2c(-c3[c-]c4ccccc4c(C(C)(C)C)c3)nccc21.[Ir]. The zero-order valence-electron chi connectivity index (χ0n) is 34.1. The Bertz CT molecular complexity index is 2580. The number of aromatic nitrogens is 2. The fraction of sp³-hybridized carbons (Fsp3) is 0.294. The van der Waals surface area contributed by atoms with Gasteiger partial charge in [0.15, 0.2) is 5.78 Å². The number of ketones is 1. The molecule has 5 heteroatoms. The number of carbonyl (C=O) groups excluding carboxylic acids is 1. The van der Waals surface area contributed by atoms with Crippen molar-refractivity contribution >= 4 is 59.9 Å². The van der Waals surface area contributed by atoms with E-state index < -0.39 is 0 Å². The molecule has 0 atom stereocenters. The van der Waals surface area contributed by atoms with Crippen LogP contribution in [0.1, 0.15) is 79.7 Å². The Morgan fingerprint density at radius 1 is 0.696 bits per heavy atom. The molecule has 2 heterocycles. The van der Waals surface area contributed by atoms with E-state index in [2.05, 4.69) is 148 Å². The molecule has 5 aromatic carbocycles. The molecule has 0 saturated heterocycles. The Balaban J connectivity index is 0.000000322. The summed E-state index contributed by atoms with van der Waals surface area (Å²) in [6, 6.07) is 43.0. The van der Waals surface area contributed by atoms with Gasteiger partial charge in [-0.1, -0.05) is 144 Å². The van der Waals surface area contributed by atoms with Gasteiger partial charge in [-0.05, 0) is 70.2 Å². The van der Waals surface area contributed by atoms with Crippen molar-refractivity contribution in [3.05, 3.63) is 139 Å². The summed E-state index contributed by atoms with van der Waals surface area (Å²) in [5.74, 6) is 0.547. The van der Waals surface area contributed by atoms with E-state index in [4.69, 9.17) is 4.98 Å². The van der Waals surface area contributed by atoms with Crippen LogP contribution in [-0.4, -0.2) is 20.4 Å². The second kappa shape index (κ2) is 18.4. The fourth-order valence-electron chi connectivity index (χ4n) is 7.97. The number of benzene rings is 5. The molecule has 0 unspecified atom stereocenters. The number of allylic oxidation sites excluding steroid dienone is 2. The second-order valence-electron chi connectivity index (χ2n) is 15.6. The van der Waals surface area contributed by atoms with Gasteiger partial charge in [0.25, 0.3) is 0 Å². The van der Waals surface area contributed by atoms with E-state index in [0.29, 0.717) is 0 Å².